The van der Waals surface area contributed by atoms with Gasteiger partial charge in [0.15, 0.2) is 0 Å². The van der Waals surface area contributed by atoms with Gasteiger partial charge in [0.05, 0.1) is 14.2 Å². The van der Waals surface area contributed by atoms with E-state index >= 15 is 0 Å². The van der Waals surface area contributed by atoms with Crippen LogP contribution in [0.5, 0.6) is 0 Å². The number of carbonyl (C=O) groups is 2. The molecule has 0 atom stereocenters. The van der Waals surface area contributed by atoms with Crippen molar-refractivity contribution >= 4 is 11.9 Å². The van der Waals surface area contributed by atoms with Crippen LogP contribution in [0.2, 0.25) is 0 Å². The molecular formula is C14H19NO4. The zero-order valence-electron chi connectivity index (χ0n) is 11.3. The van der Waals surface area contributed by atoms with E-state index in [0.717, 1.165) is 5.56 Å². The zero-order chi connectivity index (χ0) is 14.1. The molecule has 19 heavy (non-hydrogen) atoms. The number of hydrogen-bond donors (Lipinski definition) is 0. The Hall–Kier alpha value is -1.91. The number of methoxy groups -OCH3 is 2. The lowest BCUT2D eigenvalue weighted by Gasteiger charge is -2.16. The molecule has 104 valence electrons. The molecule has 1 heterocycles. The third-order valence-electron chi connectivity index (χ3n) is 3.03. The minimum Gasteiger partial charge on any atom is -0.469 e. The number of nitrogens with zero attached hydrogens (tertiary/aromatic N) is 1. The van der Waals surface area contributed by atoms with E-state index in [1.165, 1.54) is 14.2 Å². The first-order valence-corrected chi connectivity index (χ1v) is 6.21. The molecular weight excluding hydrogens is 246 g/mol. The normalized spacial score (nSPS) is 10.3. The van der Waals surface area contributed by atoms with E-state index in [4.69, 9.17) is 0 Å². The molecule has 0 aliphatic rings. The van der Waals surface area contributed by atoms with E-state index in [9.17, 15) is 9.59 Å². The van der Waals surface area contributed by atoms with Gasteiger partial charge in [0.25, 0.3) is 0 Å². The first-order valence-electron chi connectivity index (χ1n) is 6.21. The molecule has 5 nitrogen and oxygen atoms in total. The minimum atomic E-state index is -0.239. The maximum absolute atomic E-state index is 11.2. The molecule has 0 aliphatic heterocycles. The SMILES string of the molecule is COC(=O)CCC(CCC(=O)OC)c1ccncc1. The second-order valence-corrected chi connectivity index (χ2v) is 4.21. The minimum absolute atomic E-state index is 0.126. The van der Waals surface area contributed by atoms with Gasteiger partial charge in [-0.1, -0.05) is 0 Å². The van der Waals surface area contributed by atoms with Gasteiger partial charge in [-0.05, 0) is 36.5 Å². The van der Waals surface area contributed by atoms with Crippen LogP contribution in [-0.4, -0.2) is 31.1 Å². The quantitative estimate of drug-likeness (QED) is 0.706. The molecule has 0 saturated carbocycles. The molecule has 0 aliphatic carbocycles. The number of ether oxygens (including phenoxy) is 2. The van der Waals surface area contributed by atoms with Gasteiger partial charge >= 0.3 is 11.9 Å². The van der Waals surface area contributed by atoms with E-state index in [-0.39, 0.29) is 17.9 Å². The topological polar surface area (TPSA) is 65.5 Å². The van der Waals surface area contributed by atoms with E-state index in [1.54, 1.807) is 12.4 Å². The summed E-state index contributed by atoms with van der Waals surface area (Å²) in [5, 5.41) is 0. The summed E-state index contributed by atoms with van der Waals surface area (Å²) in [7, 11) is 2.75. The van der Waals surface area contributed by atoms with Gasteiger partial charge < -0.3 is 9.47 Å². The van der Waals surface area contributed by atoms with Crippen molar-refractivity contribution in [1.82, 2.24) is 4.98 Å². The van der Waals surface area contributed by atoms with Crippen molar-refractivity contribution < 1.29 is 19.1 Å². The fraction of sp³-hybridized carbons (Fsp3) is 0.500. The monoisotopic (exact) mass is 265 g/mol. The van der Waals surface area contributed by atoms with Gasteiger partial charge in [-0.25, -0.2) is 0 Å². The Bertz CT molecular complexity index is 385. The zero-order valence-corrected chi connectivity index (χ0v) is 11.3. The van der Waals surface area contributed by atoms with Crippen LogP contribution in [0, 0.1) is 0 Å². The summed E-state index contributed by atoms with van der Waals surface area (Å²) in [5.41, 5.74) is 1.07. The maximum atomic E-state index is 11.2. The van der Waals surface area contributed by atoms with E-state index < -0.39 is 0 Å². The smallest absolute Gasteiger partial charge is 0.305 e. The summed E-state index contributed by atoms with van der Waals surface area (Å²) in [5.74, 6) is -0.351. The summed E-state index contributed by atoms with van der Waals surface area (Å²) in [6.45, 7) is 0. The fourth-order valence-corrected chi connectivity index (χ4v) is 1.90. The van der Waals surface area contributed by atoms with Crippen molar-refractivity contribution in [2.24, 2.45) is 0 Å². The maximum Gasteiger partial charge on any atom is 0.305 e. The summed E-state index contributed by atoms with van der Waals surface area (Å²) >= 11 is 0. The average Bonchev–Trinajstić information content (AvgIpc) is 2.47. The van der Waals surface area contributed by atoms with Gasteiger partial charge in [0.2, 0.25) is 0 Å². The molecule has 1 aromatic rings. The van der Waals surface area contributed by atoms with Gasteiger partial charge in [0.1, 0.15) is 0 Å². The van der Waals surface area contributed by atoms with Crippen molar-refractivity contribution in [3.8, 4) is 0 Å². The molecule has 0 unspecified atom stereocenters. The van der Waals surface area contributed by atoms with Gasteiger partial charge in [-0.3, -0.25) is 14.6 Å². The number of rotatable bonds is 7. The predicted molar refractivity (Wildman–Crippen MR) is 69.5 cm³/mol. The Kier molecular flexibility index (Phi) is 6.57. The van der Waals surface area contributed by atoms with Gasteiger partial charge in [-0.2, -0.15) is 0 Å². The molecule has 1 rings (SSSR count). The van der Waals surface area contributed by atoms with Crippen LogP contribution < -0.4 is 0 Å². The lowest BCUT2D eigenvalue weighted by Crippen LogP contribution is -2.08. The highest BCUT2D eigenvalue weighted by molar-refractivity contribution is 5.70. The average molecular weight is 265 g/mol. The second-order valence-electron chi connectivity index (χ2n) is 4.21. The number of hydrogen-bond acceptors (Lipinski definition) is 5. The Balaban J connectivity index is 2.62. The first kappa shape index (κ1) is 15.1. The van der Waals surface area contributed by atoms with Crippen molar-refractivity contribution in [2.45, 2.75) is 31.6 Å². The van der Waals surface area contributed by atoms with Crippen LogP contribution in [0.25, 0.3) is 0 Å². The molecule has 0 fully saturated rings. The van der Waals surface area contributed by atoms with Gasteiger partial charge in [0, 0.05) is 25.2 Å². The number of aromatic nitrogens is 1. The van der Waals surface area contributed by atoms with Crippen LogP contribution in [0.3, 0.4) is 0 Å². The van der Waals surface area contributed by atoms with Crippen LogP contribution in [-0.2, 0) is 19.1 Å². The highest BCUT2D eigenvalue weighted by atomic mass is 16.5. The standard InChI is InChI=1S/C14H19NO4/c1-18-13(16)5-3-11(4-6-14(17)19-2)12-7-9-15-10-8-12/h7-11H,3-6H2,1-2H3. The third-order valence-corrected chi connectivity index (χ3v) is 3.03. The molecule has 0 bridgehead atoms. The predicted octanol–water partition coefficient (Wildman–Crippen LogP) is 2.07. The van der Waals surface area contributed by atoms with Crippen molar-refractivity contribution in [2.75, 3.05) is 14.2 Å². The molecule has 0 N–H and O–H groups in total. The largest absolute Gasteiger partial charge is 0.469 e. The molecule has 0 aromatic carbocycles. The Labute approximate surface area is 112 Å². The Morgan fingerprint density at radius 1 is 1.05 bits per heavy atom. The first-order chi connectivity index (χ1) is 9.17. The van der Waals surface area contributed by atoms with Crippen LogP contribution >= 0.6 is 0 Å². The second kappa shape index (κ2) is 8.24. The lowest BCUT2D eigenvalue weighted by molar-refractivity contribution is -0.141. The third kappa shape index (κ3) is 5.50. The molecule has 1 aromatic heterocycles. The van der Waals surface area contributed by atoms with Gasteiger partial charge in [-0.15, -0.1) is 0 Å². The molecule has 0 amide bonds. The molecule has 5 heteroatoms. The highest BCUT2D eigenvalue weighted by Gasteiger charge is 2.15. The van der Waals surface area contributed by atoms with E-state index in [0.29, 0.717) is 25.7 Å². The van der Waals surface area contributed by atoms with E-state index in [1.807, 2.05) is 12.1 Å². The summed E-state index contributed by atoms with van der Waals surface area (Å²) in [6, 6.07) is 3.80. The molecule has 0 spiro atoms. The van der Waals surface area contributed by atoms with Crippen molar-refractivity contribution in [3.05, 3.63) is 30.1 Å². The van der Waals surface area contributed by atoms with Crippen molar-refractivity contribution in [3.63, 3.8) is 0 Å². The molecule has 0 radical (unpaired) electrons. The molecule has 0 saturated heterocycles. The highest BCUT2D eigenvalue weighted by Crippen LogP contribution is 2.26. The summed E-state index contributed by atoms with van der Waals surface area (Å²) in [6.07, 6.45) is 5.38. The fourth-order valence-electron chi connectivity index (χ4n) is 1.90. The van der Waals surface area contributed by atoms with Crippen LogP contribution in [0.15, 0.2) is 24.5 Å². The number of esters is 2. The Morgan fingerprint density at radius 3 is 1.95 bits per heavy atom. The van der Waals surface area contributed by atoms with Crippen LogP contribution in [0.4, 0.5) is 0 Å². The summed E-state index contributed by atoms with van der Waals surface area (Å²) < 4.78 is 9.28. The van der Waals surface area contributed by atoms with Crippen LogP contribution in [0.1, 0.15) is 37.2 Å². The number of pyridine rings is 1. The number of carbonyl (C=O) groups excluding carboxylic acids is 2. The van der Waals surface area contributed by atoms with Crippen molar-refractivity contribution in [1.29, 1.82) is 0 Å². The summed E-state index contributed by atoms with van der Waals surface area (Å²) in [4.78, 5) is 26.4. The Morgan fingerprint density at radius 2 is 1.53 bits per heavy atom. The van der Waals surface area contributed by atoms with E-state index in [2.05, 4.69) is 14.5 Å². The lowest BCUT2D eigenvalue weighted by atomic mass is 9.90.